The molecular weight excluding hydrogens is 402 g/mol. The van der Waals surface area contributed by atoms with Gasteiger partial charge in [-0.2, -0.15) is 5.10 Å². The number of rotatable bonds is 5. The Morgan fingerprint density at radius 1 is 1.16 bits per heavy atom. The zero-order valence-corrected chi connectivity index (χ0v) is 18.9. The number of methoxy groups -OCH3 is 1. The first kappa shape index (κ1) is 20.9. The van der Waals surface area contributed by atoms with Crippen LogP contribution in [0, 0.1) is 6.92 Å². The highest BCUT2D eigenvalue weighted by atomic mass is 16.5. The van der Waals surface area contributed by atoms with E-state index in [-0.39, 0.29) is 5.56 Å². The molecule has 1 fully saturated rings. The summed E-state index contributed by atoms with van der Waals surface area (Å²) in [6.07, 6.45) is 8.83. The third kappa shape index (κ3) is 4.09. The van der Waals surface area contributed by atoms with Crippen LogP contribution in [0.25, 0.3) is 5.69 Å². The second kappa shape index (κ2) is 8.90. The second-order valence-corrected chi connectivity index (χ2v) is 9.04. The Morgan fingerprint density at radius 2 is 1.94 bits per heavy atom. The summed E-state index contributed by atoms with van der Waals surface area (Å²) < 4.78 is 7.21. The number of benzene rings is 1. The van der Waals surface area contributed by atoms with Crippen LogP contribution in [0.5, 0.6) is 5.75 Å². The molecule has 0 saturated heterocycles. The minimum Gasteiger partial charge on any atom is -0.497 e. The van der Waals surface area contributed by atoms with Gasteiger partial charge in [0.15, 0.2) is 0 Å². The van der Waals surface area contributed by atoms with Crippen LogP contribution in [-0.4, -0.2) is 38.3 Å². The molecule has 7 heteroatoms. The Hall–Kier alpha value is -2.93. The number of aromatic amines is 1. The van der Waals surface area contributed by atoms with Crippen molar-refractivity contribution in [1.82, 2.24) is 24.6 Å². The van der Waals surface area contributed by atoms with Crippen LogP contribution >= 0.6 is 0 Å². The maximum absolute atomic E-state index is 12.9. The first-order chi connectivity index (χ1) is 15.6. The van der Waals surface area contributed by atoms with E-state index in [1.165, 1.54) is 24.8 Å². The number of hydrogen-bond acceptors (Lipinski definition) is 5. The van der Waals surface area contributed by atoms with E-state index in [2.05, 4.69) is 21.9 Å². The van der Waals surface area contributed by atoms with Crippen LogP contribution < -0.4 is 10.3 Å². The van der Waals surface area contributed by atoms with Gasteiger partial charge < -0.3 is 9.72 Å². The third-order valence-corrected chi connectivity index (χ3v) is 6.98. The van der Waals surface area contributed by atoms with Gasteiger partial charge in [0.25, 0.3) is 5.56 Å². The summed E-state index contributed by atoms with van der Waals surface area (Å²) in [6.45, 7) is 4.40. The molecule has 1 N–H and O–H groups in total. The first-order valence-electron chi connectivity index (χ1n) is 11.6. The number of fused-ring (bicyclic) bond motifs is 1. The van der Waals surface area contributed by atoms with Gasteiger partial charge in [-0.3, -0.25) is 9.69 Å². The lowest BCUT2D eigenvalue weighted by Gasteiger charge is -2.28. The Balaban J connectivity index is 1.31. The summed E-state index contributed by atoms with van der Waals surface area (Å²) in [4.78, 5) is 23.2. The molecule has 2 aromatic heterocycles. The quantitative estimate of drug-likeness (QED) is 0.661. The van der Waals surface area contributed by atoms with E-state index >= 15 is 0 Å². The van der Waals surface area contributed by atoms with Crippen LogP contribution in [0.1, 0.15) is 66.4 Å². The topological polar surface area (TPSA) is 76.0 Å². The van der Waals surface area contributed by atoms with E-state index in [1.807, 2.05) is 35.1 Å². The van der Waals surface area contributed by atoms with Crippen molar-refractivity contribution < 1.29 is 4.74 Å². The predicted octanol–water partition coefficient (Wildman–Crippen LogP) is 3.88. The van der Waals surface area contributed by atoms with Gasteiger partial charge in [0.1, 0.15) is 11.6 Å². The van der Waals surface area contributed by atoms with Gasteiger partial charge >= 0.3 is 0 Å². The molecule has 2 aliphatic rings. The van der Waals surface area contributed by atoms with Crippen LogP contribution in [0.15, 0.2) is 35.3 Å². The standard InChI is InChI=1S/C25H31N5O2/c1-17-19(14-26-30(17)20-8-10-21(32-2)11-9-20)15-29-13-12-23-22(16-29)25(31)28-24(27-23)18-6-4-3-5-7-18/h8-11,14,18H,3-7,12-13,15-16H2,1-2H3,(H,27,28,31). The van der Waals surface area contributed by atoms with Crippen molar-refractivity contribution in [1.29, 1.82) is 0 Å². The second-order valence-electron chi connectivity index (χ2n) is 9.04. The lowest BCUT2D eigenvalue weighted by Crippen LogP contribution is -2.36. The summed E-state index contributed by atoms with van der Waals surface area (Å²) in [5.74, 6) is 2.17. The van der Waals surface area contributed by atoms with Gasteiger partial charge in [0, 0.05) is 43.2 Å². The van der Waals surface area contributed by atoms with Gasteiger partial charge in [-0.15, -0.1) is 0 Å². The molecule has 1 aliphatic heterocycles. The number of H-pyrrole nitrogens is 1. The SMILES string of the molecule is COc1ccc(-n2ncc(CN3CCc4nc(C5CCCCC5)[nH]c(=O)c4C3)c2C)cc1. The van der Waals surface area contributed by atoms with Gasteiger partial charge in [-0.1, -0.05) is 19.3 Å². The van der Waals surface area contributed by atoms with Crippen LogP contribution in [0.3, 0.4) is 0 Å². The number of nitrogens with zero attached hydrogens (tertiary/aromatic N) is 4. The Kier molecular flexibility index (Phi) is 5.83. The van der Waals surface area contributed by atoms with Gasteiger partial charge in [-0.05, 0) is 44.0 Å². The van der Waals surface area contributed by atoms with Crippen LogP contribution in [0.2, 0.25) is 0 Å². The molecule has 0 atom stereocenters. The third-order valence-electron chi connectivity index (χ3n) is 6.98. The van der Waals surface area contributed by atoms with Crippen molar-refractivity contribution in [2.45, 2.75) is 64.5 Å². The fourth-order valence-electron chi connectivity index (χ4n) is 5.03. The van der Waals surface area contributed by atoms with Crippen molar-refractivity contribution in [3.05, 3.63) is 69.2 Å². The number of nitrogens with one attached hydrogen (secondary N) is 1. The van der Waals surface area contributed by atoms with Crippen molar-refractivity contribution in [3.8, 4) is 11.4 Å². The van der Waals surface area contributed by atoms with Crippen molar-refractivity contribution in [2.24, 2.45) is 0 Å². The van der Waals surface area contributed by atoms with E-state index in [0.29, 0.717) is 12.5 Å². The van der Waals surface area contributed by atoms with Crippen LogP contribution in [0.4, 0.5) is 0 Å². The van der Waals surface area contributed by atoms with Crippen molar-refractivity contribution >= 4 is 0 Å². The summed E-state index contributed by atoms with van der Waals surface area (Å²) in [7, 11) is 1.67. The minimum atomic E-state index is 0.0472. The molecule has 1 aliphatic carbocycles. The summed E-state index contributed by atoms with van der Waals surface area (Å²) in [5, 5.41) is 4.60. The molecule has 1 saturated carbocycles. The molecule has 32 heavy (non-hydrogen) atoms. The molecule has 3 aromatic rings. The fraction of sp³-hybridized carbons (Fsp3) is 0.480. The number of aromatic nitrogens is 4. The molecule has 3 heterocycles. The van der Waals surface area contributed by atoms with Gasteiger partial charge in [-0.25, -0.2) is 9.67 Å². The molecule has 0 bridgehead atoms. The molecule has 0 spiro atoms. The summed E-state index contributed by atoms with van der Waals surface area (Å²) in [5.41, 5.74) is 5.17. The van der Waals surface area contributed by atoms with Gasteiger partial charge in [0.2, 0.25) is 0 Å². The minimum absolute atomic E-state index is 0.0472. The average molecular weight is 434 g/mol. The van der Waals surface area contributed by atoms with Crippen LogP contribution in [-0.2, 0) is 19.5 Å². The molecular formula is C25H31N5O2. The average Bonchev–Trinajstić information content (AvgIpc) is 3.19. The smallest absolute Gasteiger partial charge is 0.255 e. The van der Waals surface area contributed by atoms with E-state index in [9.17, 15) is 4.79 Å². The highest BCUT2D eigenvalue weighted by molar-refractivity contribution is 5.39. The molecule has 0 radical (unpaired) electrons. The number of ether oxygens (including phenoxy) is 1. The largest absolute Gasteiger partial charge is 0.497 e. The monoisotopic (exact) mass is 433 g/mol. The maximum atomic E-state index is 12.9. The zero-order valence-electron chi connectivity index (χ0n) is 18.9. The summed E-state index contributed by atoms with van der Waals surface area (Å²) >= 11 is 0. The Morgan fingerprint density at radius 3 is 2.69 bits per heavy atom. The normalized spacial score (nSPS) is 17.3. The maximum Gasteiger partial charge on any atom is 0.255 e. The van der Waals surface area contributed by atoms with Crippen molar-refractivity contribution in [2.75, 3.05) is 13.7 Å². The van der Waals surface area contributed by atoms with E-state index in [1.54, 1.807) is 7.11 Å². The predicted molar refractivity (Wildman–Crippen MR) is 123 cm³/mol. The first-order valence-corrected chi connectivity index (χ1v) is 11.6. The lowest BCUT2D eigenvalue weighted by molar-refractivity contribution is 0.240. The summed E-state index contributed by atoms with van der Waals surface area (Å²) in [6, 6.07) is 7.90. The molecule has 168 valence electrons. The molecule has 0 amide bonds. The number of hydrogen-bond donors (Lipinski definition) is 1. The Labute approximate surface area is 188 Å². The lowest BCUT2D eigenvalue weighted by atomic mass is 9.88. The Bertz CT molecular complexity index is 1140. The molecule has 0 unspecified atom stereocenters. The fourth-order valence-corrected chi connectivity index (χ4v) is 5.03. The zero-order chi connectivity index (χ0) is 22.1. The highest BCUT2D eigenvalue weighted by Gasteiger charge is 2.25. The van der Waals surface area contributed by atoms with Gasteiger partial charge in [0.05, 0.1) is 30.3 Å². The highest BCUT2D eigenvalue weighted by Crippen LogP contribution is 2.31. The molecule has 1 aromatic carbocycles. The van der Waals surface area contributed by atoms with E-state index < -0.39 is 0 Å². The molecule has 5 rings (SSSR count). The van der Waals surface area contributed by atoms with E-state index in [0.717, 1.165) is 66.6 Å². The molecule has 7 nitrogen and oxygen atoms in total. The van der Waals surface area contributed by atoms with Crippen molar-refractivity contribution in [3.63, 3.8) is 0 Å². The van der Waals surface area contributed by atoms with E-state index in [4.69, 9.17) is 9.72 Å².